The predicted molar refractivity (Wildman–Crippen MR) is 58.9 cm³/mol. The molecule has 0 N–H and O–H groups in total. The molecule has 0 aromatic carbocycles. The van der Waals surface area contributed by atoms with E-state index in [-0.39, 0.29) is 6.10 Å². The molecule has 1 unspecified atom stereocenters. The van der Waals surface area contributed by atoms with Crippen molar-refractivity contribution in [2.75, 3.05) is 6.61 Å². The molecule has 2 nitrogen and oxygen atoms in total. The Kier molecular flexibility index (Phi) is 9.68. The fraction of sp³-hybridized carbons (Fsp3) is 0.750. The van der Waals surface area contributed by atoms with Gasteiger partial charge in [-0.05, 0) is 19.3 Å². The Labute approximate surface area is 87.6 Å². The van der Waals surface area contributed by atoms with Crippen molar-refractivity contribution in [2.45, 2.75) is 52.1 Å². The molecule has 14 heavy (non-hydrogen) atoms. The van der Waals surface area contributed by atoms with Gasteiger partial charge < -0.3 is 4.74 Å². The van der Waals surface area contributed by atoms with E-state index in [9.17, 15) is 0 Å². The second-order valence-corrected chi connectivity index (χ2v) is 3.30. The fourth-order valence-electron chi connectivity index (χ4n) is 1.08. The number of nitrogens with zero attached hydrogens (tertiary/aromatic N) is 1. The highest BCUT2D eigenvalue weighted by Crippen LogP contribution is 1.99. The summed E-state index contributed by atoms with van der Waals surface area (Å²) in [6.45, 7) is 4.81. The van der Waals surface area contributed by atoms with E-state index in [0.717, 1.165) is 19.3 Å². The molecule has 0 rings (SSSR count). The smallest absolute Gasteiger partial charge is 0.143 e. The Morgan fingerprint density at radius 1 is 1.29 bits per heavy atom. The molecule has 2 heteroatoms. The van der Waals surface area contributed by atoms with Crippen molar-refractivity contribution in [3.8, 4) is 6.07 Å². The van der Waals surface area contributed by atoms with E-state index in [1.807, 2.05) is 6.92 Å². The third kappa shape index (κ3) is 7.82. The van der Waals surface area contributed by atoms with Crippen LogP contribution in [0.2, 0.25) is 0 Å². The van der Waals surface area contributed by atoms with Gasteiger partial charge in [0.15, 0.2) is 0 Å². The molecule has 0 aromatic heterocycles. The molecule has 1 atom stereocenters. The molecule has 0 bridgehead atoms. The molecule has 0 saturated carbocycles. The summed E-state index contributed by atoms with van der Waals surface area (Å²) in [7, 11) is 0. The summed E-state index contributed by atoms with van der Waals surface area (Å²) < 4.78 is 5.33. The SMILES string of the molecule is CCCC/C=C\CCOC(C#N)CC. The summed E-state index contributed by atoms with van der Waals surface area (Å²) >= 11 is 0. The molecule has 80 valence electrons. The summed E-state index contributed by atoms with van der Waals surface area (Å²) in [5.74, 6) is 0. The maximum Gasteiger partial charge on any atom is 0.143 e. The van der Waals surface area contributed by atoms with Crippen LogP contribution in [0.1, 0.15) is 46.0 Å². The zero-order valence-electron chi connectivity index (χ0n) is 9.33. The van der Waals surface area contributed by atoms with Crippen LogP contribution in [0.5, 0.6) is 0 Å². The minimum Gasteiger partial charge on any atom is -0.363 e. The van der Waals surface area contributed by atoms with Crippen molar-refractivity contribution in [1.82, 2.24) is 0 Å². The number of hydrogen-bond acceptors (Lipinski definition) is 2. The molecule has 0 aliphatic rings. The van der Waals surface area contributed by atoms with Gasteiger partial charge >= 0.3 is 0 Å². The van der Waals surface area contributed by atoms with Crippen LogP contribution >= 0.6 is 0 Å². The number of allylic oxidation sites excluding steroid dienone is 1. The lowest BCUT2D eigenvalue weighted by Gasteiger charge is -2.05. The van der Waals surface area contributed by atoms with Crippen LogP contribution in [-0.2, 0) is 4.74 Å². The lowest BCUT2D eigenvalue weighted by Crippen LogP contribution is -2.09. The first-order valence-corrected chi connectivity index (χ1v) is 5.51. The lowest BCUT2D eigenvalue weighted by atomic mass is 10.2. The van der Waals surface area contributed by atoms with Gasteiger partial charge in [-0.1, -0.05) is 38.8 Å². The lowest BCUT2D eigenvalue weighted by molar-refractivity contribution is 0.0914. The molecule has 0 spiro atoms. The second-order valence-electron chi connectivity index (χ2n) is 3.30. The third-order valence-electron chi connectivity index (χ3n) is 2.01. The van der Waals surface area contributed by atoms with E-state index >= 15 is 0 Å². The Morgan fingerprint density at radius 2 is 2.00 bits per heavy atom. The average Bonchev–Trinajstić information content (AvgIpc) is 2.22. The average molecular weight is 195 g/mol. The molecule has 0 aliphatic carbocycles. The first-order chi connectivity index (χ1) is 6.85. The molecule has 0 amide bonds. The monoisotopic (exact) mass is 195 g/mol. The van der Waals surface area contributed by atoms with Gasteiger partial charge in [0, 0.05) is 0 Å². The van der Waals surface area contributed by atoms with Gasteiger partial charge in [-0.3, -0.25) is 0 Å². The van der Waals surface area contributed by atoms with Crippen LogP contribution in [0.4, 0.5) is 0 Å². The van der Waals surface area contributed by atoms with Crippen LogP contribution in [0.15, 0.2) is 12.2 Å². The molecule has 0 saturated heterocycles. The van der Waals surface area contributed by atoms with E-state index in [1.54, 1.807) is 0 Å². The normalized spacial score (nSPS) is 12.9. The summed E-state index contributed by atoms with van der Waals surface area (Å²) in [6, 6.07) is 2.12. The number of rotatable bonds is 8. The quantitative estimate of drug-likeness (QED) is 0.439. The van der Waals surface area contributed by atoms with E-state index < -0.39 is 0 Å². The minimum atomic E-state index is -0.223. The summed E-state index contributed by atoms with van der Waals surface area (Å²) in [6.07, 6.45) is 9.46. The highest BCUT2D eigenvalue weighted by atomic mass is 16.5. The molecule has 0 radical (unpaired) electrons. The zero-order valence-corrected chi connectivity index (χ0v) is 9.33. The Hall–Kier alpha value is -0.810. The fourth-order valence-corrected chi connectivity index (χ4v) is 1.08. The molecule has 0 heterocycles. The van der Waals surface area contributed by atoms with E-state index in [2.05, 4.69) is 25.1 Å². The Bertz CT molecular complexity index is 181. The van der Waals surface area contributed by atoms with Crippen molar-refractivity contribution < 1.29 is 4.74 Å². The highest BCUT2D eigenvalue weighted by Gasteiger charge is 2.01. The van der Waals surface area contributed by atoms with E-state index in [4.69, 9.17) is 10.00 Å². The largest absolute Gasteiger partial charge is 0.363 e. The molecule has 0 aromatic rings. The Balaban J connectivity index is 3.28. The zero-order chi connectivity index (χ0) is 10.6. The van der Waals surface area contributed by atoms with Crippen molar-refractivity contribution in [3.63, 3.8) is 0 Å². The van der Waals surface area contributed by atoms with Gasteiger partial charge in [0.2, 0.25) is 0 Å². The van der Waals surface area contributed by atoms with Gasteiger partial charge in [0.25, 0.3) is 0 Å². The van der Waals surface area contributed by atoms with Gasteiger partial charge in [0.05, 0.1) is 12.7 Å². The van der Waals surface area contributed by atoms with E-state index in [0.29, 0.717) is 6.61 Å². The van der Waals surface area contributed by atoms with Crippen LogP contribution in [0.25, 0.3) is 0 Å². The molecular weight excluding hydrogens is 174 g/mol. The van der Waals surface area contributed by atoms with Crippen LogP contribution in [0, 0.1) is 11.3 Å². The van der Waals surface area contributed by atoms with Crippen molar-refractivity contribution in [3.05, 3.63) is 12.2 Å². The van der Waals surface area contributed by atoms with Crippen molar-refractivity contribution >= 4 is 0 Å². The highest BCUT2D eigenvalue weighted by molar-refractivity contribution is 4.84. The van der Waals surface area contributed by atoms with Crippen molar-refractivity contribution in [2.24, 2.45) is 0 Å². The maximum absolute atomic E-state index is 8.61. The third-order valence-corrected chi connectivity index (χ3v) is 2.01. The van der Waals surface area contributed by atoms with Gasteiger partial charge in [-0.2, -0.15) is 5.26 Å². The first kappa shape index (κ1) is 13.2. The summed E-state index contributed by atoms with van der Waals surface area (Å²) in [5.41, 5.74) is 0. The molecule has 0 fully saturated rings. The predicted octanol–water partition coefficient (Wildman–Crippen LogP) is 3.44. The van der Waals surface area contributed by atoms with Crippen LogP contribution in [0.3, 0.4) is 0 Å². The summed E-state index contributed by atoms with van der Waals surface area (Å²) in [5, 5.41) is 8.61. The number of unbranched alkanes of at least 4 members (excludes halogenated alkanes) is 2. The minimum absolute atomic E-state index is 0.223. The van der Waals surface area contributed by atoms with Crippen molar-refractivity contribution in [1.29, 1.82) is 5.26 Å². The number of hydrogen-bond donors (Lipinski definition) is 0. The van der Waals surface area contributed by atoms with Crippen LogP contribution in [-0.4, -0.2) is 12.7 Å². The summed E-state index contributed by atoms with van der Waals surface area (Å²) in [4.78, 5) is 0. The van der Waals surface area contributed by atoms with E-state index in [1.165, 1.54) is 12.8 Å². The molecular formula is C12H21NO. The van der Waals surface area contributed by atoms with Crippen LogP contribution < -0.4 is 0 Å². The number of ether oxygens (including phenoxy) is 1. The van der Waals surface area contributed by atoms with Gasteiger partial charge in [0.1, 0.15) is 6.10 Å². The number of nitriles is 1. The first-order valence-electron chi connectivity index (χ1n) is 5.51. The second kappa shape index (κ2) is 10.3. The van der Waals surface area contributed by atoms with Gasteiger partial charge in [-0.25, -0.2) is 0 Å². The standard InChI is InChI=1S/C12H21NO/c1-3-5-6-7-8-9-10-14-12(4-2)11-13/h7-8,12H,3-6,9-10H2,1-2H3/b8-7-. The Morgan fingerprint density at radius 3 is 2.57 bits per heavy atom. The maximum atomic E-state index is 8.61. The van der Waals surface area contributed by atoms with Gasteiger partial charge in [-0.15, -0.1) is 0 Å². The molecule has 0 aliphatic heterocycles. The topological polar surface area (TPSA) is 33.0 Å².